The summed E-state index contributed by atoms with van der Waals surface area (Å²) in [5, 5.41) is 3.85. The lowest BCUT2D eigenvalue weighted by molar-refractivity contribution is 0.112. The van der Waals surface area contributed by atoms with E-state index in [1.165, 1.54) is 6.07 Å². The normalized spacial score (nSPS) is 16.0. The SMILES string of the molecule is CCCNC(Cc1ccc(F)c(Cl)c1)C(C)(CC)N(C)C. The lowest BCUT2D eigenvalue weighted by atomic mass is 9.84. The third kappa shape index (κ3) is 4.67. The van der Waals surface area contributed by atoms with Gasteiger partial charge in [0.05, 0.1) is 5.02 Å². The first kappa shape index (κ1) is 18.4. The van der Waals surface area contributed by atoms with Gasteiger partial charge in [-0.2, -0.15) is 0 Å². The van der Waals surface area contributed by atoms with E-state index in [1.807, 2.05) is 6.07 Å². The molecule has 2 nitrogen and oxygen atoms in total. The molecule has 0 saturated heterocycles. The molecule has 0 aliphatic rings. The number of hydrogen-bond acceptors (Lipinski definition) is 2. The zero-order valence-corrected chi connectivity index (χ0v) is 14.6. The van der Waals surface area contributed by atoms with Gasteiger partial charge in [-0.05, 0) is 64.5 Å². The van der Waals surface area contributed by atoms with Crippen molar-refractivity contribution < 1.29 is 4.39 Å². The van der Waals surface area contributed by atoms with Gasteiger partial charge in [-0.1, -0.05) is 31.5 Å². The van der Waals surface area contributed by atoms with Gasteiger partial charge in [0.1, 0.15) is 5.82 Å². The Hall–Kier alpha value is -0.640. The summed E-state index contributed by atoms with van der Waals surface area (Å²) in [6.07, 6.45) is 2.97. The molecule has 21 heavy (non-hydrogen) atoms. The van der Waals surface area contributed by atoms with Crippen molar-refractivity contribution in [3.63, 3.8) is 0 Å². The molecule has 0 heterocycles. The average molecular weight is 315 g/mol. The first-order valence-corrected chi connectivity index (χ1v) is 8.07. The van der Waals surface area contributed by atoms with Gasteiger partial charge in [0, 0.05) is 11.6 Å². The van der Waals surface area contributed by atoms with Gasteiger partial charge in [-0.3, -0.25) is 0 Å². The van der Waals surface area contributed by atoms with Crippen LogP contribution >= 0.6 is 11.6 Å². The van der Waals surface area contributed by atoms with E-state index in [0.717, 1.165) is 31.4 Å². The van der Waals surface area contributed by atoms with Gasteiger partial charge in [0.25, 0.3) is 0 Å². The molecule has 1 aromatic carbocycles. The Morgan fingerprint density at radius 3 is 2.48 bits per heavy atom. The van der Waals surface area contributed by atoms with E-state index in [9.17, 15) is 4.39 Å². The van der Waals surface area contributed by atoms with Crippen molar-refractivity contribution in [1.82, 2.24) is 10.2 Å². The maximum Gasteiger partial charge on any atom is 0.141 e. The summed E-state index contributed by atoms with van der Waals surface area (Å²) < 4.78 is 13.3. The van der Waals surface area contributed by atoms with Crippen LogP contribution in [0.5, 0.6) is 0 Å². The fourth-order valence-corrected chi connectivity index (χ4v) is 2.81. The van der Waals surface area contributed by atoms with Crippen LogP contribution in [0, 0.1) is 5.82 Å². The van der Waals surface area contributed by atoms with Crippen LogP contribution in [-0.4, -0.2) is 37.1 Å². The van der Waals surface area contributed by atoms with Gasteiger partial charge in [0.2, 0.25) is 0 Å². The molecule has 2 atom stereocenters. The first-order valence-electron chi connectivity index (χ1n) is 7.69. The number of rotatable bonds is 8. The van der Waals surface area contributed by atoms with Crippen LogP contribution in [0.15, 0.2) is 18.2 Å². The summed E-state index contributed by atoms with van der Waals surface area (Å²) in [6, 6.07) is 5.31. The Labute approximate surface area is 133 Å². The monoisotopic (exact) mass is 314 g/mol. The van der Waals surface area contributed by atoms with Crippen LogP contribution < -0.4 is 5.32 Å². The molecule has 1 rings (SSSR count). The van der Waals surface area contributed by atoms with E-state index in [0.29, 0.717) is 6.04 Å². The molecule has 0 bridgehead atoms. The predicted octanol–water partition coefficient (Wildman–Crippen LogP) is 4.12. The van der Waals surface area contributed by atoms with Crippen molar-refractivity contribution in [2.24, 2.45) is 0 Å². The van der Waals surface area contributed by atoms with E-state index in [4.69, 9.17) is 11.6 Å². The highest BCUT2D eigenvalue weighted by Gasteiger charge is 2.34. The van der Waals surface area contributed by atoms with E-state index in [2.05, 4.69) is 45.1 Å². The van der Waals surface area contributed by atoms with Crippen LogP contribution in [0.3, 0.4) is 0 Å². The molecule has 0 spiro atoms. The number of benzene rings is 1. The zero-order valence-electron chi connectivity index (χ0n) is 13.8. The first-order chi connectivity index (χ1) is 9.85. The lowest BCUT2D eigenvalue weighted by Crippen LogP contribution is -2.57. The number of nitrogens with zero attached hydrogens (tertiary/aromatic N) is 1. The minimum absolute atomic E-state index is 0.0377. The zero-order chi connectivity index (χ0) is 16.0. The summed E-state index contributed by atoms with van der Waals surface area (Å²) in [5.74, 6) is -0.357. The molecular weight excluding hydrogens is 287 g/mol. The fraction of sp³-hybridized carbons (Fsp3) is 0.647. The molecule has 0 fully saturated rings. The smallest absolute Gasteiger partial charge is 0.141 e. The summed E-state index contributed by atoms with van der Waals surface area (Å²) in [6.45, 7) is 7.62. The fourth-order valence-electron chi connectivity index (χ4n) is 2.61. The molecule has 120 valence electrons. The molecule has 2 unspecified atom stereocenters. The molecule has 0 aliphatic carbocycles. The van der Waals surface area contributed by atoms with Crippen molar-refractivity contribution >= 4 is 11.6 Å². The van der Waals surface area contributed by atoms with Crippen molar-refractivity contribution in [1.29, 1.82) is 0 Å². The highest BCUT2D eigenvalue weighted by molar-refractivity contribution is 6.30. The second-order valence-corrected chi connectivity index (χ2v) is 6.47. The highest BCUT2D eigenvalue weighted by atomic mass is 35.5. The molecule has 0 amide bonds. The summed E-state index contributed by atoms with van der Waals surface area (Å²) in [4.78, 5) is 2.27. The average Bonchev–Trinajstić information content (AvgIpc) is 2.46. The van der Waals surface area contributed by atoms with E-state index >= 15 is 0 Å². The van der Waals surface area contributed by atoms with Crippen LogP contribution in [0.1, 0.15) is 39.2 Å². The summed E-state index contributed by atoms with van der Waals surface area (Å²) >= 11 is 5.91. The van der Waals surface area contributed by atoms with Crippen molar-refractivity contribution in [3.05, 3.63) is 34.6 Å². The minimum Gasteiger partial charge on any atom is -0.312 e. The number of likely N-dealkylation sites (N-methyl/N-ethyl adjacent to an activating group) is 1. The maximum atomic E-state index is 13.3. The van der Waals surface area contributed by atoms with Crippen molar-refractivity contribution in [3.8, 4) is 0 Å². The topological polar surface area (TPSA) is 15.3 Å². The van der Waals surface area contributed by atoms with Crippen LogP contribution in [-0.2, 0) is 6.42 Å². The number of nitrogens with one attached hydrogen (secondary N) is 1. The lowest BCUT2D eigenvalue weighted by Gasteiger charge is -2.43. The van der Waals surface area contributed by atoms with Gasteiger partial charge < -0.3 is 10.2 Å². The maximum absolute atomic E-state index is 13.3. The summed E-state index contributed by atoms with van der Waals surface area (Å²) in [7, 11) is 4.23. The second kappa shape index (κ2) is 8.11. The number of hydrogen-bond donors (Lipinski definition) is 1. The Kier molecular flexibility index (Phi) is 7.11. The van der Waals surface area contributed by atoms with Crippen LogP contribution in [0.2, 0.25) is 5.02 Å². The molecule has 4 heteroatoms. The molecule has 0 saturated carbocycles. The minimum atomic E-state index is -0.357. The van der Waals surface area contributed by atoms with E-state index in [1.54, 1.807) is 6.07 Å². The van der Waals surface area contributed by atoms with Crippen LogP contribution in [0.4, 0.5) is 4.39 Å². The largest absolute Gasteiger partial charge is 0.312 e. The Bertz CT molecular complexity index is 450. The molecule has 0 radical (unpaired) electrons. The van der Waals surface area contributed by atoms with Crippen LogP contribution in [0.25, 0.3) is 0 Å². The third-order valence-corrected chi connectivity index (χ3v) is 4.84. The highest BCUT2D eigenvalue weighted by Crippen LogP contribution is 2.25. The van der Waals surface area contributed by atoms with Gasteiger partial charge in [-0.15, -0.1) is 0 Å². The molecule has 1 N–H and O–H groups in total. The number of halogens is 2. The Morgan fingerprint density at radius 1 is 1.33 bits per heavy atom. The van der Waals surface area contributed by atoms with Crippen molar-refractivity contribution in [2.75, 3.05) is 20.6 Å². The molecule has 0 aliphatic heterocycles. The van der Waals surface area contributed by atoms with Gasteiger partial charge in [-0.25, -0.2) is 4.39 Å². The van der Waals surface area contributed by atoms with Crippen molar-refractivity contribution in [2.45, 2.75) is 51.6 Å². The predicted molar refractivity (Wildman–Crippen MR) is 89.6 cm³/mol. The van der Waals surface area contributed by atoms with Gasteiger partial charge >= 0.3 is 0 Å². The molecule has 0 aromatic heterocycles. The Balaban J connectivity index is 2.99. The second-order valence-electron chi connectivity index (χ2n) is 6.06. The van der Waals surface area contributed by atoms with E-state index < -0.39 is 0 Å². The quantitative estimate of drug-likeness (QED) is 0.776. The standard InChI is InChI=1S/C17H28ClFN2/c1-6-10-20-16(17(3,7-2)21(4)5)12-13-8-9-15(19)14(18)11-13/h8-9,11,16,20H,6-7,10,12H2,1-5H3. The van der Waals surface area contributed by atoms with E-state index in [-0.39, 0.29) is 16.4 Å². The third-order valence-electron chi connectivity index (χ3n) is 4.55. The Morgan fingerprint density at radius 2 is 2.00 bits per heavy atom. The van der Waals surface area contributed by atoms with Gasteiger partial charge in [0.15, 0.2) is 0 Å². The summed E-state index contributed by atoms with van der Waals surface area (Å²) in [5.41, 5.74) is 1.10. The molecular formula is C17H28ClFN2. The molecule has 1 aromatic rings.